The summed E-state index contributed by atoms with van der Waals surface area (Å²) in [5.74, 6) is -0.795. The van der Waals surface area contributed by atoms with Gasteiger partial charge in [0.15, 0.2) is 0 Å². The van der Waals surface area contributed by atoms with Gasteiger partial charge in [-0.05, 0) is 31.0 Å². The van der Waals surface area contributed by atoms with Crippen molar-refractivity contribution < 1.29 is 20.1 Å². The van der Waals surface area contributed by atoms with Crippen LogP contribution in [-0.2, 0) is 10.2 Å². The Labute approximate surface area is 111 Å². The van der Waals surface area contributed by atoms with Gasteiger partial charge in [-0.1, -0.05) is 24.3 Å². The number of rotatable bonds is 6. The van der Waals surface area contributed by atoms with E-state index in [0.717, 1.165) is 5.56 Å². The Kier molecular flexibility index (Phi) is 3.89. The van der Waals surface area contributed by atoms with Crippen LogP contribution in [0.4, 0.5) is 0 Å². The highest BCUT2D eigenvalue weighted by molar-refractivity contribution is 5.84. The Morgan fingerprint density at radius 3 is 2.32 bits per heavy atom. The molecule has 2 unspecified atom stereocenters. The van der Waals surface area contributed by atoms with Crippen molar-refractivity contribution in [1.82, 2.24) is 5.32 Å². The van der Waals surface area contributed by atoms with Crippen molar-refractivity contribution in [3.63, 3.8) is 0 Å². The van der Waals surface area contributed by atoms with Crippen LogP contribution in [-0.4, -0.2) is 41.0 Å². The fourth-order valence-corrected chi connectivity index (χ4v) is 2.29. The van der Waals surface area contributed by atoms with Crippen LogP contribution in [0.3, 0.4) is 0 Å². The van der Waals surface area contributed by atoms with Crippen molar-refractivity contribution in [2.45, 2.75) is 30.5 Å². The molecule has 1 fully saturated rings. The first-order valence-corrected chi connectivity index (χ1v) is 6.36. The van der Waals surface area contributed by atoms with Crippen molar-refractivity contribution in [2.75, 3.05) is 13.6 Å². The van der Waals surface area contributed by atoms with Crippen LogP contribution in [0.5, 0.6) is 0 Å². The Morgan fingerprint density at radius 1 is 1.32 bits per heavy atom. The molecule has 0 saturated heterocycles. The standard InChI is InChI=1S/C14H19NO4/c1-15-8-11(16)12(17)9-2-4-10(5-3-9)14(6-7-14)13(18)19/h2-5,11-12,15-17H,6-8H2,1H3,(H,18,19). The molecule has 0 heterocycles. The molecule has 1 saturated carbocycles. The normalized spacial score (nSPS) is 19.7. The van der Waals surface area contributed by atoms with Crippen molar-refractivity contribution in [3.8, 4) is 0 Å². The van der Waals surface area contributed by atoms with Crippen LogP contribution in [0.2, 0.25) is 0 Å². The number of aliphatic carboxylic acids is 1. The van der Waals surface area contributed by atoms with E-state index in [0.29, 0.717) is 24.9 Å². The number of benzene rings is 1. The predicted molar refractivity (Wildman–Crippen MR) is 69.9 cm³/mol. The third-order valence-corrected chi connectivity index (χ3v) is 3.74. The molecule has 1 aliphatic rings. The van der Waals surface area contributed by atoms with Crippen LogP contribution >= 0.6 is 0 Å². The first kappa shape index (κ1) is 14.0. The van der Waals surface area contributed by atoms with Gasteiger partial charge in [0.1, 0.15) is 6.10 Å². The molecule has 5 nitrogen and oxygen atoms in total. The lowest BCUT2D eigenvalue weighted by Gasteiger charge is -2.18. The number of nitrogens with one attached hydrogen (secondary N) is 1. The molecule has 0 bridgehead atoms. The Hall–Kier alpha value is -1.43. The van der Waals surface area contributed by atoms with Crippen LogP contribution in [0.15, 0.2) is 24.3 Å². The van der Waals surface area contributed by atoms with Crippen LogP contribution in [0.1, 0.15) is 30.1 Å². The maximum absolute atomic E-state index is 11.2. The van der Waals surface area contributed by atoms with E-state index in [1.165, 1.54) is 0 Å². The zero-order chi connectivity index (χ0) is 14.0. The van der Waals surface area contributed by atoms with Gasteiger partial charge in [-0.25, -0.2) is 0 Å². The zero-order valence-corrected chi connectivity index (χ0v) is 10.8. The van der Waals surface area contributed by atoms with Crippen LogP contribution in [0, 0.1) is 0 Å². The van der Waals surface area contributed by atoms with E-state index in [-0.39, 0.29) is 0 Å². The number of aliphatic hydroxyl groups is 2. The summed E-state index contributed by atoms with van der Waals surface area (Å²) in [6, 6.07) is 6.82. The fraction of sp³-hybridized carbons (Fsp3) is 0.500. The molecule has 19 heavy (non-hydrogen) atoms. The summed E-state index contributed by atoms with van der Waals surface area (Å²) in [4.78, 5) is 11.2. The summed E-state index contributed by atoms with van der Waals surface area (Å²) in [6.45, 7) is 0.294. The summed E-state index contributed by atoms with van der Waals surface area (Å²) < 4.78 is 0. The van der Waals surface area contributed by atoms with E-state index in [1.807, 2.05) is 0 Å². The molecule has 2 rings (SSSR count). The molecule has 4 N–H and O–H groups in total. The number of carboxylic acid groups (broad SMARTS) is 1. The molecule has 0 aromatic heterocycles. The lowest BCUT2D eigenvalue weighted by atomic mass is 9.93. The van der Waals surface area contributed by atoms with E-state index >= 15 is 0 Å². The highest BCUT2D eigenvalue weighted by Gasteiger charge is 2.51. The second kappa shape index (κ2) is 5.28. The molecule has 2 atom stereocenters. The monoisotopic (exact) mass is 265 g/mol. The van der Waals surface area contributed by atoms with E-state index in [9.17, 15) is 20.1 Å². The Bertz CT molecular complexity index is 453. The van der Waals surface area contributed by atoms with Gasteiger partial charge in [-0.3, -0.25) is 4.79 Å². The molecule has 0 radical (unpaired) electrons. The van der Waals surface area contributed by atoms with Gasteiger partial charge in [0.05, 0.1) is 11.5 Å². The topological polar surface area (TPSA) is 89.8 Å². The Balaban J connectivity index is 2.13. The molecule has 1 aromatic carbocycles. The minimum Gasteiger partial charge on any atom is -0.481 e. The molecular formula is C14H19NO4. The highest BCUT2D eigenvalue weighted by atomic mass is 16.4. The second-order valence-corrected chi connectivity index (χ2v) is 5.08. The second-order valence-electron chi connectivity index (χ2n) is 5.08. The smallest absolute Gasteiger partial charge is 0.314 e. The predicted octanol–water partition coefficient (Wildman–Crippen LogP) is 0.416. The molecule has 0 amide bonds. The zero-order valence-electron chi connectivity index (χ0n) is 10.8. The molecule has 0 aliphatic heterocycles. The quantitative estimate of drug-likeness (QED) is 0.598. The average molecular weight is 265 g/mol. The lowest BCUT2D eigenvalue weighted by molar-refractivity contribution is -0.140. The molecule has 104 valence electrons. The summed E-state index contributed by atoms with van der Waals surface area (Å²) >= 11 is 0. The number of aliphatic hydroxyl groups excluding tert-OH is 2. The average Bonchev–Trinajstić information content (AvgIpc) is 3.20. The number of carboxylic acids is 1. The first-order chi connectivity index (χ1) is 9.01. The summed E-state index contributed by atoms with van der Waals surface area (Å²) in [7, 11) is 1.70. The van der Waals surface area contributed by atoms with Gasteiger partial charge in [-0.2, -0.15) is 0 Å². The van der Waals surface area contributed by atoms with Crippen LogP contribution < -0.4 is 5.32 Å². The van der Waals surface area contributed by atoms with Gasteiger partial charge in [-0.15, -0.1) is 0 Å². The molecule has 5 heteroatoms. The summed E-state index contributed by atoms with van der Waals surface area (Å²) in [5, 5.41) is 31.6. The Morgan fingerprint density at radius 2 is 1.89 bits per heavy atom. The number of hydrogen-bond donors (Lipinski definition) is 4. The van der Waals surface area contributed by atoms with Gasteiger partial charge in [0.2, 0.25) is 0 Å². The lowest BCUT2D eigenvalue weighted by Crippen LogP contribution is -2.29. The van der Waals surface area contributed by atoms with Crippen LogP contribution in [0.25, 0.3) is 0 Å². The van der Waals surface area contributed by atoms with Gasteiger partial charge in [0.25, 0.3) is 0 Å². The number of hydrogen-bond acceptors (Lipinski definition) is 4. The van der Waals surface area contributed by atoms with E-state index in [1.54, 1.807) is 31.3 Å². The SMILES string of the molecule is CNCC(O)C(O)c1ccc(C2(C(=O)O)CC2)cc1. The minimum absolute atomic E-state index is 0.294. The third-order valence-electron chi connectivity index (χ3n) is 3.74. The highest BCUT2D eigenvalue weighted by Crippen LogP contribution is 2.48. The van der Waals surface area contributed by atoms with Crippen molar-refractivity contribution in [1.29, 1.82) is 0 Å². The van der Waals surface area contributed by atoms with E-state index in [2.05, 4.69) is 5.32 Å². The van der Waals surface area contributed by atoms with Gasteiger partial charge in [0, 0.05) is 6.54 Å². The maximum atomic E-state index is 11.2. The summed E-state index contributed by atoms with van der Waals surface area (Å²) in [6.07, 6.45) is -0.536. The molecule has 0 spiro atoms. The molecule has 1 aromatic rings. The number of likely N-dealkylation sites (N-methyl/N-ethyl adjacent to an activating group) is 1. The molecular weight excluding hydrogens is 246 g/mol. The van der Waals surface area contributed by atoms with E-state index in [4.69, 9.17) is 0 Å². The first-order valence-electron chi connectivity index (χ1n) is 6.36. The largest absolute Gasteiger partial charge is 0.481 e. The van der Waals surface area contributed by atoms with Crippen molar-refractivity contribution in [3.05, 3.63) is 35.4 Å². The van der Waals surface area contributed by atoms with Crippen molar-refractivity contribution in [2.24, 2.45) is 0 Å². The minimum atomic E-state index is -0.971. The number of carbonyl (C=O) groups is 1. The summed E-state index contributed by atoms with van der Waals surface area (Å²) in [5.41, 5.74) is 0.624. The molecule has 1 aliphatic carbocycles. The van der Waals surface area contributed by atoms with Crippen molar-refractivity contribution >= 4 is 5.97 Å². The van der Waals surface area contributed by atoms with Gasteiger partial charge >= 0.3 is 5.97 Å². The third kappa shape index (κ3) is 2.63. The van der Waals surface area contributed by atoms with Gasteiger partial charge < -0.3 is 20.6 Å². The van der Waals surface area contributed by atoms with E-state index < -0.39 is 23.6 Å². The maximum Gasteiger partial charge on any atom is 0.314 e. The fourth-order valence-electron chi connectivity index (χ4n) is 2.29.